The molecule has 0 aliphatic heterocycles. The fraction of sp³-hybridized carbons (Fsp3) is 0.556. The second kappa shape index (κ2) is 5.01. The van der Waals surface area contributed by atoms with Gasteiger partial charge in [0.15, 0.2) is 0 Å². The number of nitrogens with two attached hydrogens (primary N) is 1. The minimum atomic E-state index is -3.41. The van der Waals surface area contributed by atoms with Crippen LogP contribution in [-0.4, -0.2) is 28.9 Å². The van der Waals surface area contributed by atoms with Crippen LogP contribution in [0.3, 0.4) is 0 Å². The first kappa shape index (κ1) is 13.9. The second-order valence-corrected chi connectivity index (χ2v) is 6.38. The fourth-order valence-electron chi connectivity index (χ4n) is 1.37. The number of aromatic nitrogens is 2. The Morgan fingerprint density at radius 1 is 1.65 bits per heavy atom. The van der Waals surface area contributed by atoms with Gasteiger partial charge in [0, 0.05) is 7.05 Å². The maximum Gasteiger partial charge on any atom is 0.234 e. The Morgan fingerprint density at radius 2 is 2.24 bits per heavy atom. The summed E-state index contributed by atoms with van der Waals surface area (Å²) in [5, 5.41) is 3.92. The molecule has 17 heavy (non-hydrogen) atoms. The van der Waals surface area contributed by atoms with Crippen LogP contribution >= 0.6 is 12.2 Å². The lowest BCUT2D eigenvalue weighted by Gasteiger charge is -2.11. The van der Waals surface area contributed by atoms with Crippen molar-refractivity contribution in [1.29, 1.82) is 0 Å². The molecule has 1 aromatic rings. The average molecular weight is 276 g/mol. The second-order valence-electron chi connectivity index (χ2n) is 4.17. The van der Waals surface area contributed by atoms with Crippen molar-refractivity contribution in [3.05, 3.63) is 11.8 Å². The summed E-state index contributed by atoms with van der Waals surface area (Å²) in [6, 6.07) is 0. The molecule has 0 fully saturated rings. The third-order valence-electron chi connectivity index (χ3n) is 2.01. The van der Waals surface area contributed by atoms with Crippen LogP contribution in [0.15, 0.2) is 6.20 Å². The van der Waals surface area contributed by atoms with Gasteiger partial charge in [-0.15, -0.1) is 0 Å². The molecule has 0 saturated heterocycles. The molecule has 0 saturated carbocycles. The minimum absolute atomic E-state index is 0.0361. The number of hydrogen-bond acceptors (Lipinski definition) is 4. The molecule has 0 radical (unpaired) electrons. The number of anilines is 1. The van der Waals surface area contributed by atoms with Gasteiger partial charge in [-0.25, -0.2) is 8.42 Å². The van der Waals surface area contributed by atoms with Gasteiger partial charge in [-0.3, -0.25) is 9.40 Å². The van der Waals surface area contributed by atoms with Crippen molar-refractivity contribution in [2.24, 2.45) is 18.7 Å². The van der Waals surface area contributed by atoms with Crippen LogP contribution in [0.25, 0.3) is 0 Å². The number of nitrogens with one attached hydrogen (secondary N) is 1. The summed E-state index contributed by atoms with van der Waals surface area (Å²) in [4.78, 5) is 0.111. The van der Waals surface area contributed by atoms with Crippen molar-refractivity contribution in [3.63, 3.8) is 0 Å². The average Bonchev–Trinajstić information content (AvgIpc) is 2.44. The predicted octanol–water partition coefficient (Wildman–Crippen LogP) is 0.452. The maximum atomic E-state index is 11.8. The molecular formula is C9H16N4O2S2. The first-order chi connectivity index (χ1) is 7.73. The van der Waals surface area contributed by atoms with Gasteiger partial charge in [-0.2, -0.15) is 5.10 Å². The van der Waals surface area contributed by atoms with E-state index in [9.17, 15) is 8.42 Å². The van der Waals surface area contributed by atoms with Crippen LogP contribution in [-0.2, 0) is 17.1 Å². The largest absolute Gasteiger partial charge is 0.389 e. The monoisotopic (exact) mass is 276 g/mol. The molecule has 1 rings (SSSR count). The maximum absolute atomic E-state index is 11.8. The molecule has 0 aliphatic rings. The molecule has 0 aromatic carbocycles. The zero-order valence-corrected chi connectivity index (χ0v) is 11.6. The van der Waals surface area contributed by atoms with Gasteiger partial charge >= 0.3 is 0 Å². The molecule has 8 heteroatoms. The van der Waals surface area contributed by atoms with Crippen LogP contribution in [0, 0.1) is 5.92 Å². The summed E-state index contributed by atoms with van der Waals surface area (Å²) in [6.45, 7) is 3.66. The van der Waals surface area contributed by atoms with Gasteiger partial charge in [-0.1, -0.05) is 26.1 Å². The van der Waals surface area contributed by atoms with Crippen LogP contribution in [0.1, 0.15) is 19.4 Å². The highest BCUT2D eigenvalue weighted by Crippen LogP contribution is 2.16. The zero-order chi connectivity index (χ0) is 13.2. The topological polar surface area (TPSA) is 90.0 Å². The van der Waals surface area contributed by atoms with E-state index in [4.69, 9.17) is 18.0 Å². The van der Waals surface area contributed by atoms with Gasteiger partial charge < -0.3 is 5.73 Å². The highest BCUT2D eigenvalue weighted by molar-refractivity contribution is 7.92. The first-order valence-corrected chi connectivity index (χ1v) is 7.11. The van der Waals surface area contributed by atoms with E-state index in [1.165, 1.54) is 10.9 Å². The molecule has 1 aromatic heterocycles. The van der Waals surface area contributed by atoms with E-state index in [1.54, 1.807) is 7.05 Å². The van der Waals surface area contributed by atoms with Crippen molar-refractivity contribution in [3.8, 4) is 0 Å². The number of aryl methyl sites for hydroxylation is 1. The van der Waals surface area contributed by atoms with E-state index >= 15 is 0 Å². The molecule has 6 nitrogen and oxygen atoms in total. The van der Waals surface area contributed by atoms with Crippen molar-refractivity contribution < 1.29 is 8.42 Å². The molecule has 0 amide bonds. The van der Waals surface area contributed by atoms with Gasteiger partial charge in [0.2, 0.25) is 10.0 Å². The van der Waals surface area contributed by atoms with E-state index in [0.717, 1.165) is 0 Å². The van der Waals surface area contributed by atoms with Crippen LogP contribution < -0.4 is 10.5 Å². The SMILES string of the molecule is CC(C)CS(=O)(=O)Nc1c(C(N)=S)cnn1C. The molecule has 0 atom stereocenters. The molecule has 0 aliphatic carbocycles. The van der Waals surface area contributed by atoms with Crippen molar-refractivity contribution in [1.82, 2.24) is 9.78 Å². The van der Waals surface area contributed by atoms with E-state index in [1.807, 2.05) is 13.8 Å². The summed E-state index contributed by atoms with van der Waals surface area (Å²) < 4.78 is 27.4. The lowest BCUT2D eigenvalue weighted by atomic mass is 10.3. The van der Waals surface area contributed by atoms with Gasteiger partial charge in [0.25, 0.3) is 0 Å². The summed E-state index contributed by atoms with van der Waals surface area (Å²) in [5.74, 6) is 0.377. The summed E-state index contributed by atoms with van der Waals surface area (Å²) in [5.41, 5.74) is 5.92. The van der Waals surface area contributed by atoms with Crippen LogP contribution in [0.4, 0.5) is 5.82 Å². The Balaban J connectivity index is 3.03. The van der Waals surface area contributed by atoms with E-state index in [-0.39, 0.29) is 16.7 Å². The van der Waals surface area contributed by atoms with Gasteiger partial charge in [0.05, 0.1) is 17.5 Å². The van der Waals surface area contributed by atoms with E-state index in [0.29, 0.717) is 11.4 Å². The number of rotatable bonds is 5. The standard InChI is InChI=1S/C9H16N4O2S2/c1-6(2)5-17(14,15)12-9-7(8(10)16)4-11-13(9)3/h4,6,12H,5H2,1-3H3,(H2,10,16). The van der Waals surface area contributed by atoms with Gasteiger partial charge in [-0.05, 0) is 5.92 Å². The van der Waals surface area contributed by atoms with E-state index in [2.05, 4.69) is 9.82 Å². The normalized spacial score (nSPS) is 11.8. The molecule has 96 valence electrons. The Kier molecular flexibility index (Phi) is 4.10. The predicted molar refractivity (Wildman–Crippen MR) is 71.3 cm³/mol. The lowest BCUT2D eigenvalue weighted by molar-refractivity contribution is 0.586. The fourth-order valence-corrected chi connectivity index (χ4v) is 3.01. The minimum Gasteiger partial charge on any atom is -0.389 e. The number of thiocarbonyl (C=S) groups is 1. The van der Waals surface area contributed by atoms with Crippen molar-refractivity contribution >= 4 is 33.0 Å². The number of sulfonamides is 1. The molecular weight excluding hydrogens is 260 g/mol. The molecule has 0 unspecified atom stereocenters. The molecule has 0 spiro atoms. The zero-order valence-electron chi connectivity index (χ0n) is 9.97. The van der Waals surface area contributed by atoms with Gasteiger partial charge in [0.1, 0.15) is 10.8 Å². The molecule has 3 N–H and O–H groups in total. The smallest absolute Gasteiger partial charge is 0.234 e. The molecule has 0 bridgehead atoms. The summed E-state index contributed by atoms with van der Waals surface area (Å²) >= 11 is 4.83. The first-order valence-electron chi connectivity index (χ1n) is 5.05. The number of nitrogens with zero attached hydrogens (tertiary/aromatic N) is 2. The Bertz CT molecular complexity index is 519. The highest BCUT2D eigenvalue weighted by Gasteiger charge is 2.18. The highest BCUT2D eigenvalue weighted by atomic mass is 32.2. The Morgan fingerprint density at radius 3 is 2.71 bits per heavy atom. The summed E-state index contributed by atoms with van der Waals surface area (Å²) in [6.07, 6.45) is 1.44. The van der Waals surface area contributed by atoms with Crippen LogP contribution in [0.5, 0.6) is 0 Å². The number of hydrogen-bond donors (Lipinski definition) is 2. The lowest BCUT2D eigenvalue weighted by Crippen LogP contribution is -2.23. The summed E-state index contributed by atoms with van der Waals surface area (Å²) in [7, 11) is -1.79. The third-order valence-corrected chi connectivity index (χ3v) is 3.84. The third kappa shape index (κ3) is 3.67. The Labute approximate surface area is 106 Å². The van der Waals surface area contributed by atoms with Crippen molar-refractivity contribution in [2.45, 2.75) is 13.8 Å². The Hall–Kier alpha value is -1.15. The van der Waals surface area contributed by atoms with Crippen LogP contribution in [0.2, 0.25) is 0 Å². The molecule has 1 heterocycles. The van der Waals surface area contributed by atoms with E-state index < -0.39 is 10.0 Å². The van der Waals surface area contributed by atoms with Crippen molar-refractivity contribution in [2.75, 3.05) is 10.5 Å². The quantitative estimate of drug-likeness (QED) is 0.762.